The normalized spacial score (nSPS) is 20.2. The molecule has 1 aliphatic rings. The van der Waals surface area contributed by atoms with Crippen LogP contribution in [0.2, 0.25) is 0 Å². The quantitative estimate of drug-likeness (QED) is 0.896. The highest BCUT2D eigenvalue weighted by Gasteiger charge is 2.46. The maximum absolute atomic E-state index is 13.4. The van der Waals surface area contributed by atoms with Gasteiger partial charge in [-0.3, -0.25) is 0 Å². The summed E-state index contributed by atoms with van der Waals surface area (Å²) in [4.78, 5) is 11.0. The van der Waals surface area contributed by atoms with Crippen molar-refractivity contribution in [2.75, 3.05) is 12.4 Å². The molecule has 0 radical (unpaired) electrons. The monoisotopic (exact) mass is 341 g/mol. The average Bonchev–Trinajstić information content (AvgIpc) is 2.97. The maximum atomic E-state index is 13.4. The van der Waals surface area contributed by atoms with E-state index in [1.54, 1.807) is 24.3 Å². The van der Waals surface area contributed by atoms with Crippen LogP contribution < -0.4 is 10.1 Å². The van der Waals surface area contributed by atoms with Crippen LogP contribution in [0.1, 0.15) is 34.6 Å². The molecule has 0 saturated carbocycles. The molecule has 0 fully saturated rings. The number of alkyl halides is 3. The second kappa shape index (κ2) is 5.73. The van der Waals surface area contributed by atoms with E-state index in [-0.39, 0.29) is 12.2 Å². The number of carbonyl (C=O) groups is 1. The van der Waals surface area contributed by atoms with Gasteiger partial charge >= 0.3 is 12.1 Å². The van der Waals surface area contributed by atoms with Crippen LogP contribution in [0.4, 0.5) is 19.0 Å². The Morgan fingerprint density at radius 3 is 2.58 bits per heavy atom. The number of halogens is 3. The fraction of sp³-hybridized carbons (Fsp3) is 0.333. The third-order valence-corrected chi connectivity index (χ3v) is 3.93. The van der Waals surface area contributed by atoms with Crippen LogP contribution in [0.5, 0.6) is 5.75 Å². The van der Waals surface area contributed by atoms with Crippen molar-refractivity contribution in [3.8, 4) is 5.75 Å². The number of ether oxygens (including phenoxy) is 1. The maximum Gasteiger partial charge on any atom is 0.410 e. The van der Waals surface area contributed by atoms with Gasteiger partial charge in [0.2, 0.25) is 0 Å². The fourth-order valence-corrected chi connectivity index (χ4v) is 2.73. The molecule has 2 aromatic rings. The van der Waals surface area contributed by atoms with E-state index in [0.717, 1.165) is 6.07 Å². The summed E-state index contributed by atoms with van der Waals surface area (Å²) in [5.74, 6) is -0.748. The first-order valence-corrected chi connectivity index (χ1v) is 7.09. The Morgan fingerprint density at radius 2 is 2.04 bits per heavy atom. The van der Waals surface area contributed by atoms with Crippen molar-refractivity contribution in [1.82, 2.24) is 9.78 Å². The molecule has 0 unspecified atom stereocenters. The molecule has 0 saturated heterocycles. The second-order valence-corrected chi connectivity index (χ2v) is 5.43. The summed E-state index contributed by atoms with van der Waals surface area (Å²) in [6, 6.07) is 5.27. The lowest BCUT2D eigenvalue weighted by molar-refractivity contribution is -0.173. The number of aromatic nitrogens is 2. The van der Waals surface area contributed by atoms with Crippen LogP contribution in [0.15, 0.2) is 30.3 Å². The lowest BCUT2D eigenvalue weighted by Gasteiger charge is -2.33. The van der Waals surface area contributed by atoms with Crippen LogP contribution in [0.25, 0.3) is 0 Å². The number of anilines is 1. The number of nitrogens with one attached hydrogen (secondary N) is 1. The van der Waals surface area contributed by atoms with Crippen molar-refractivity contribution in [3.05, 3.63) is 41.6 Å². The minimum Gasteiger partial charge on any atom is -0.497 e. The summed E-state index contributed by atoms with van der Waals surface area (Å²) in [5.41, 5.74) is 0.219. The fourth-order valence-electron chi connectivity index (χ4n) is 2.73. The Morgan fingerprint density at radius 1 is 1.38 bits per heavy atom. The first kappa shape index (κ1) is 16.2. The van der Waals surface area contributed by atoms with Gasteiger partial charge in [-0.25, -0.2) is 9.48 Å². The van der Waals surface area contributed by atoms with Crippen LogP contribution in [0.3, 0.4) is 0 Å². The molecule has 3 rings (SSSR count). The van der Waals surface area contributed by atoms with Gasteiger partial charge in [0.05, 0.1) is 13.2 Å². The zero-order chi connectivity index (χ0) is 17.5. The molecule has 1 aliphatic heterocycles. The SMILES string of the molecule is COc1ccc([C@@H]2C[C@H](C(F)(F)F)n3nc(C(=O)O)cc3N2)cc1. The van der Waals surface area contributed by atoms with Gasteiger partial charge in [0.1, 0.15) is 11.6 Å². The molecular formula is C15H14F3N3O3. The number of carboxylic acids is 1. The summed E-state index contributed by atoms with van der Waals surface area (Å²) in [5, 5.41) is 15.5. The lowest BCUT2D eigenvalue weighted by atomic mass is 9.97. The molecule has 2 N–H and O–H groups in total. The van der Waals surface area contributed by atoms with E-state index in [9.17, 15) is 18.0 Å². The van der Waals surface area contributed by atoms with Crippen LogP contribution in [-0.2, 0) is 0 Å². The number of nitrogens with zero attached hydrogens (tertiary/aromatic N) is 2. The number of rotatable bonds is 3. The van der Waals surface area contributed by atoms with E-state index in [0.29, 0.717) is 16.0 Å². The molecular weight excluding hydrogens is 327 g/mol. The highest BCUT2D eigenvalue weighted by atomic mass is 19.4. The lowest BCUT2D eigenvalue weighted by Crippen LogP contribution is -2.35. The Kier molecular flexibility index (Phi) is 3.86. The minimum atomic E-state index is -4.54. The van der Waals surface area contributed by atoms with Gasteiger partial charge in [-0.1, -0.05) is 12.1 Å². The standard InChI is InChI=1S/C15H14F3N3O3/c1-24-9-4-2-8(3-5-9)10-6-12(15(16,17)18)21-13(19-10)7-11(20-21)14(22)23/h2-5,7,10,12,19H,6H2,1H3,(H,22,23)/t10-,12+/m0/s1. The molecule has 0 aliphatic carbocycles. The van der Waals surface area contributed by atoms with Gasteiger partial charge in [0.25, 0.3) is 0 Å². The second-order valence-electron chi connectivity index (χ2n) is 5.43. The van der Waals surface area contributed by atoms with E-state index < -0.39 is 29.9 Å². The summed E-state index contributed by atoms with van der Waals surface area (Å²) < 4.78 is 45.9. The number of benzene rings is 1. The highest BCUT2D eigenvalue weighted by molar-refractivity contribution is 5.86. The zero-order valence-corrected chi connectivity index (χ0v) is 12.5. The number of hydrogen-bond donors (Lipinski definition) is 2. The minimum absolute atomic E-state index is 0.0294. The van der Waals surface area contributed by atoms with E-state index >= 15 is 0 Å². The molecule has 0 bridgehead atoms. The third kappa shape index (κ3) is 2.89. The van der Waals surface area contributed by atoms with Crippen molar-refractivity contribution in [3.63, 3.8) is 0 Å². The first-order chi connectivity index (χ1) is 11.3. The summed E-state index contributed by atoms with van der Waals surface area (Å²) in [6.45, 7) is 0. The number of hydrogen-bond acceptors (Lipinski definition) is 4. The molecule has 9 heteroatoms. The van der Waals surface area contributed by atoms with Gasteiger partial charge in [0.15, 0.2) is 11.7 Å². The van der Waals surface area contributed by atoms with Crippen molar-refractivity contribution >= 4 is 11.8 Å². The number of fused-ring (bicyclic) bond motifs is 1. The van der Waals surface area contributed by atoms with Gasteiger partial charge in [-0.15, -0.1) is 0 Å². The molecule has 2 heterocycles. The third-order valence-electron chi connectivity index (χ3n) is 3.93. The largest absolute Gasteiger partial charge is 0.497 e. The van der Waals surface area contributed by atoms with Gasteiger partial charge in [-0.05, 0) is 17.7 Å². The average molecular weight is 341 g/mol. The predicted molar refractivity (Wildman–Crippen MR) is 78.3 cm³/mol. The van der Waals surface area contributed by atoms with Gasteiger partial charge in [-0.2, -0.15) is 18.3 Å². The topological polar surface area (TPSA) is 76.4 Å². The van der Waals surface area contributed by atoms with Crippen molar-refractivity contribution in [2.45, 2.75) is 24.7 Å². The molecule has 2 atom stereocenters. The summed E-state index contributed by atoms with van der Waals surface area (Å²) >= 11 is 0. The summed E-state index contributed by atoms with van der Waals surface area (Å²) in [7, 11) is 1.50. The molecule has 1 aromatic heterocycles. The smallest absolute Gasteiger partial charge is 0.410 e. The van der Waals surface area contributed by atoms with E-state index in [1.807, 2.05) is 0 Å². The number of aromatic carboxylic acids is 1. The Balaban J connectivity index is 1.98. The molecule has 6 nitrogen and oxygen atoms in total. The van der Waals surface area contributed by atoms with Gasteiger partial charge in [0, 0.05) is 12.5 Å². The molecule has 0 amide bonds. The molecule has 0 spiro atoms. The first-order valence-electron chi connectivity index (χ1n) is 7.09. The molecule has 24 heavy (non-hydrogen) atoms. The predicted octanol–water partition coefficient (Wildman–Crippen LogP) is 3.25. The van der Waals surface area contributed by atoms with Crippen LogP contribution in [-0.4, -0.2) is 34.1 Å². The Hall–Kier alpha value is -2.71. The van der Waals surface area contributed by atoms with E-state index in [4.69, 9.17) is 9.84 Å². The van der Waals surface area contributed by atoms with Crippen molar-refractivity contribution in [1.29, 1.82) is 0 Å². The zero-order valence-electron chi connectivity index (χ0n) is 12.5. The number of methoxy groups -OCH3 is 1. The Bertz CT molecular complexity index is 756. The van der Waals surface area contributed by atoms with Crippen molar-refractivity contribution in [2.24, 2.45) is 0 Å². The number of carboxylic acid groups (broad SMARTS) is 1. The van der Waals surface area contributed by atoms with E-state index in [2.05, 4.69) is 10.4 Å². The van der Waals surface area contributed by atoms with Crippen LogP contribution in [0, 0.1) is 0 Å². The van der Waals surface area contributed by atoms with Gasteiger partial charge < -0.3 is 15.2 Å². The van der Waals surface area contributed by atoms with Crippen LogP contribution >= 0.6 is 0 Å². The molecule has 128 valence electrons. The van der Waals surface area contributed by atoms with E-state index in [1.165, 1.54) is 7.11 Å². The highest BCUT2D eigenvalue weighted by Crippen LogP contribution is 2.43. The Labute approximate surface area is 134 Å². The van der Waals surface area contributed by atoms with Crippen molar-refractivity contribution < 1.29 is 27.8 Å². The summed E-state index contributed by atoms with van der Waals surface area (Å²) in [6.07, 6.45) is -4.83. The molecule has 1 aromatic carbocycles.